The highest BCUT2D eigenvalue weighted by Gasteiger charge is 2.05. The van der Waals surface area contributed by atoms with Crippen LogP contribution in [0.4, 0.5) is 11.4 Å². The number of hydrogen-bond donors (Lipinski definition) is 2. The molecule has 2 N–H and O–H groups in total. The van der Waals surface area contributed by atoms with E-state index in [1.54, 1.807) is 30.3 Å². The fourth-order valence-corrected chi connectivity index (χ4v) is 1.56. The van der Waals surface area contributed by atoms with Crippen LogP contribution in [-0.4, -0.2) is 10.0 Å². The van der Waals surface area contributed by atoms with Gasteiger partial charge in [0.1, 0.15) is 5.75 Å². The highest BCUT2D eigenvalue weighted by atomic mass is 16.6. The second-order valence-corrected chi connectivity index (χ2v) is 3.83. The first-order valence-electron chi connectivity index (χ1n) is 5.41. The van der Waals surface area contributed by atoms with Gasteiger partial charge in [0.05, 0.1) is 4.92 Å². The number of nitro benzene ring substituents is 1. The minimum atomic E-state index is -0.413. The summed E-state index contributed by atoms with van der Waals surface area (Å²) in [4.78, 5) is 10.2. The minimum absolute atomic E-state index is 0.0833. The number of non-ortho nitro benzene ring substituents is 1. The van der Waals surface area contributed by atoms with E-state index in [0.717, 1.165) is 11.3 Å². The van der Waals surface area contributed by atoms with Crippen LogP contribution in [0.25, 0.3) is 0 Å². The summed E-state index contributed by atoms with van der Waals surface area (Å²) >= 11 is 0. The van der Waals surface area contributed by atoms with Crippen molar-refractivity contribution in [2.24, 2.45) is 0 Å². The number of aromatic hydroxyl groups is 1. The summed E-state index contributed by atoms with van der Waals surface area (Å²) in [7, 11) is 0. The lowest BCUT2D eigenvalue weighted by Gasteiger charge is -2.06. The van der Waals surface area contributed by atoms with Crippen molar-refractivity contribution in [1.82, 2.24) is 0 Å². The minimum Gasteiger partial charge on any atom is -0.508 e. The molecule has 2 aromatic rings. The Balaban J connectivity index is 2.04. The van der Waals surface area contributed by atoms with Gasteiger partial charge in [0.25, 0.3) is 5.69 Å². The lowest BCUT2D eigenvalue weighted by atomic mass is 10.2. The van der Waals surface area contributed by atoms with Crippen molar-refractivity contribution in [3.05, 3.63) is 64.2 Å². The Labute approximate surface area is 104 Å². The molecule has 0 aliphatic heterocycles. The molecule has 0 fully saturated rings. The molecule has 0 aromatic heterocycles. The monoisotopic (exact) mass is 244 g/mol. The topological polar surface area (TPSA) is 75.4 Å². The molecule has 0 heterocycles. The van der Waals surface area contributed by atoms with Gasteiger partial charge in [0, 0.05) is 24.4 Å². The molecule has 0 saturated heterocycles. The Morgan fingerprint density at radius 2 is 1.89 bits per heavy atom. The number of nitro groups is 1. The van der Waals surface area contributed by atoms with Crippen molar-refractivity contribution in [3.63, 3.8) is 0 Å². The molecule has 0 radical (unpaired) electrons. The molecule has 0 unspecified atom stereocenters. The van der Waals surface area contributed by atoms with E-state index in [1.165, 1.54) is 12.1 Å². The van der Waals surface area contributed by atoms with Crippen molar-refractivity contribution in [2.75, 3.05) is 5.32 Å². The average Bonchev–Trinajstić information content (AvgIpc) is 2.38. The predicted octanol–water partition coefficient (Wildman–Crippen LogP) is 2.91. The van der Waals surface area contributed by atoms with Gasteiger partial charge in [0.2, 0.25) is 0 Å². The van der Waals surface area contributed by atoms with Crippen molar-refractivity contribution < 1.29 is 10.0 Å². The second kappa shape index (κ2) is 5.18. The van der Waals surface area contributed by atoms with Crippen LogP contribution in [0.5, 0.6) is 5.75 Å². The molecule has 0 bridgehead atoms. The van der Waals surface area contributed by atoms with E-state index in [0.29, 0.717) is 6.54 Å². The molecule has 0 spiro atoms. The zero-order valence-corrected chi connectivity index (χ0v) is 9.54. The summed E-state index contributed by atoms with van der Waals surface area (Å²) in [6.45, 7) is 0.493. The van der Waals surface area contributed by atoms with Crippen LogP contribution >= 0.6 is 0 Å². The molecule has 5 heteroatoms. The molecule has 18 heavy (non-hydrogen) atoms. The smallest absolute Gasteiger partial charge is 0.269 e. The van der Waals surface area contributed by atoms with Crippen molar-refractivity contribution in [3.8, 4) is 5.75 Å². The number of rotatable bonds is 4. The quantitative estimate of drug-likeness (QED) is 0.492. The molecular weight excluding hydrogens is 232 g/mol. The van der Waals surface area contributed by atoms with Crippen LogP contribution in [0.1, 0.15) is 5.56 Å². The van der Waals surface area contributed by atoms with E-state index in [1.807, 2.05) is 6.07 Å². The Kier molecular flexibility index (Phi) is 3.43. The van der Waals surface area contributed by atoms with Gasteiger partial charge in [-0.2, -0.15) is 0 Å². The van der Waals surface area contributed by atoms with Crippen LogP contribution < -0.4 is 5.32 Å². The third-order valence-corrected chi connectivity index (χ3v) is 2.49. The Morgan fingerprint density at radius 1 is 1.17 bits per heavy atom. The molecular formula is C13H12N2O3. The van der Waals surface area contributed by atoms with E-state index < -0.39 is 4.92 Å². The lowest BCUT2D eigenvalue weighted by Crippen LogP contribution is -1.99. The van der Waals surface area contributed by atoms with Gasteiger partial charge in [0.15, 0.2) is 0 Å². The first-order valence-corrected chi connectivity index (χ1v) is 5.41. The Bertz CT molecular complexity index is 552. The zero-order chi connectivity index (χ0) is 13.0. The van der Waals surface area contributed by atoms with Gasteiger partial charge in [-0.15, -0.1) is 0 Å². The van der Waals surface area contributed by atoms with Crippen LogP contribution in [0.3, 0.4) is 0 Å². The largest absolute Gasteiger partial charge is 0.508 e. The molecule has 0 aliphatic carbocycles. The SMILES string of the molecule is O=[N+]([O-])c1cccc(CNc2ccc(O)cc2)c1. The van der Waals surface area contributed by atoms with Crippen LogP contribution in [-0.2, 0) is 6.54 Å². The average molecular weight is 244 g/mol. The highest BCUT2D eigenvalue weighted by molar-refractivity contribution is 5.47. The zero-order valence-electron chi connectivity index (χ0n) is 9.54. The fraction of sp³-hybridized carbons (Fsp3) is 0.0769. The van der Waals surface area contributed by atoms with Gasteiger partial charge in [-0.25, -0.2) is 0 Å². The van der Waals surface area contributed by atoms with Crippen LogP contribution in [0.15, 0.2) is 48.5 Å². The van der Waals surface area contributed by atoms with E-state index in [-0.39, 0.29) is 11.4 Å². The number of nitrogens with one attached hydrogen (secondary N) is 1. The van der Waals surface area contributed by atoms with Gasteiger partial charge in [-0.3, -0.25) is 10.1 Å². The first kappa shape index (κ1) is 11.9. The third kappa shape index (κ3) is 2.98. The van der Waals surface area contributed by atoms with Gasteiger partial charge in [-0.1, -0.05) is 12.1 Å². The maximum atomic E-state index is 10.6. The van der Waals surface area contributed by atoms with E-state index in [9.17, 15) is 10.1 Å². The van der Waals surface area contributed by atoms with Crippen molar-refractivity contribution in [2.45, 2.75) is 6.54 Å². The predicted molar refractivity (Wildman–Crippen MR) is 68.5 cm³/mol. The normalized spacial score (nSPS) is 10.0. The van der Waals surface area contributed by atoms with E-state index >= 15 is 0 Å². The number of phenols is 1. The summed E-state index contributed by atoms with van der Waals surface area (Å²) < 4.78 is 0. The number of hydrogen-bond acceptors (Lipinski definition) is 4. The summed E-state index contributed by atoms with van der Waals surface area (Å²) in [5.74, 6) is 0.205. The maximum absolute atomic E-state index is 10.6. The number of nitrogens with zero attached hydrogens (tertiary/aromatic N) is 1. The first-order chi connectivity index (χ1) is 8.65. The molecule has 0 amide bonds. The second-order valence-electron chi connectivity index (χ2n) is 3.83. The van der Waals surface area contributed by atoms with Gasteiger partial charge in [-0.05, 0) is 29.8 Å². The van der Waals surface area contributed by atoms with E-state index in [2.05, 4.69) is 5.32 Å². The molecule has 2 rings (SSSR count). The summed E-state index contributed by atoms with van der Waals surface area (Å²) in [5.41, 5.74) is 1.76. The van der Waals surface area contributed by atoms with Crippen molar-refractivity contribution in [1.29, 1.82) is 0 Å². The summed E-state index contributed by atoms with van der Waals surface area (Å²) in [6, 6.07) is 13.1. The number of phenolic OH excluding ortho intramolecular Hbond substituents is 1. The lowest BCUT2D eigenvalue weighted by molar-refractivity contribution is -0.384. The molecule has 5 nitrogen and oxygen atoms in total. The highest BCUT2D eigenvalue weighted by Crippen LogP contribution is 2.17. The molecule has 0 saturated carbocycles. The Morgan fingerprint density at radius 3 is 2.56 bits per heavy atom. The van der Waals surface area contributed by atoms with Crippen molar-refractivity contribution >= 4 is 11.4 Å². The van der Waals surface area contributed by atoms with Gasteiger partial charge < -0.3 is 10.4 Å². The fourth-order valence-electron chi connectivity index (χ4n) is 1.56. The Hall–Kier alpha value is -2.56. The third-order valence-electron chi connectivity index (χ3n) is 2.49. The number of benzene rings is 2. The van der Waals surface area contributed by atoms with Crippen LogP contribution in [0.2, 0.25) is 0 Å². The molecule has 2 aromatic carbocycles. The maximum Gasteiger partial charge on any atom is 0.269 e. The van der Waals surface area contributed by atoms with Crippen LogP contribution in [0, 0.1) is 10.1 Å². The summed E-state index contributed by atoms with van der Waals surface area (Å²) in [5, 5.41) is 22.9. The summed E-state index contributed by atoms with van der Waals surface area (Å²) in [6.07, 6.45) is 0. The molecule has 92 valence electrons. The number of anilines is 1. The standard InChI is InChI=1S/C13H12N2O3/c16-13-6-4-11(5-7-13)14-9-10-2-1-3-12(8-10)15(17)18/h1-8,14,16H,9H2. The van der Waals surface area contributed by atoms with Gasteiger partial charge >= 0.3 is 0 Å². The molecule has 0 aliphatic rings. The molecule has 0 atom stereocenters. The van der Waals surface area contributed by atoms with E-state index in [4.69, 9.17) is 5.11 Å².